The second-order valence-electron chi connectivity index (χ2n) is 3.31. The molecule has 1 amide bonds. The van der Waals surface area contributed by atoms with Gasteiger partial charge in [-0.2, -0.15) is 0 Å². The molecule has 1 fully saturated rings. The number of nitrogens with one attached hydrogen (secondary N) is 2. The summed E-state index contributed by atoms with van der Waals surface area (Å²) in [5, 5.41) is 5.88. The van der Waals surface area contributed by atoms with Gasteiger partial charge in [0.25, 0.3) is 0 Å². The summed E-state index contributed by atoms with van der Waals surface area (Å²) >= 11 is 0. The van der Waals surface area contributed by atoms with Gasteiger partial charge in [-0.25, -0.2) is 0 Å². The van der Waals surface area contributed by atoms with Gasteiger partial charge in [0, 0.05) is 12.6 Å². The van der Waals surface area contributed by atoms with Crippen LogP contribution in [-0.4, -0.2) is 25.0 Å². The second kappa shape index (κ2) is 4.26. The molecule has 0 spiro atoms. The topological polar surface area (TPSA) is 41.1 Å². The molecular weight excluding hydrogens is 152 g/mol. The monoisotopic (exact) mass is 168 g/mol. The molecular formula is C9H16N2O. The first kappa shape index (κ1) is 9.26. The van der Waals surface area contributed by atoms with Gasteiger partial charge in [0.2, 0.25) is 5.91 Å². The average molecular weight is 168 g/mol. The van der Waals surface area contributed by atoms with Crippen molar-refractivity contribution >= 4 is 5.91 Å². The summed E-state index contributed by atoms with van der Waals surface area (Å²) in [6, 6.07) is 0.433. The van der Waals surface area contributed by atoms with E-state index in [9.17, 15) is 4.79 Å². The van der Waals surface area contributed by atoms with Gasteiger partial charge in [-0.3, -0.25) is 4.79 Å². The van der Waals surface area contributed by atoms with Gasteiger partial charge < -0.3 is 10.6 Å². The van der Waals surface area contributed by atoms with E-state index in [1.54, 1.807) is 6.08 Å². The van der Waals surface area contributed by atoms with Crippen LogP contribution in [0.15, 0.2) is 12.7 Å². The zero-order valence-electron chi connectivity index (χ0n) is 7.47. The molecule has 0 saturated heterocycles. The van der Waals surface area contributed by atoms with Crippen LogP contribution >= 0.6 is 0 Å². The van der Waals surface area contributed by atoms with Crippen LogP contribution in [0.5, 0.6) is 0 Å². The number of carbonyl (C=O) groups is 1. The molecule has 68 valence electrons. The number of hydrogen-bond acceptors (Lipinski definition) is 2. The lowest BCUT2D eigenvalue weighted by atomic mass is 10.4. The van der Waals surface area contributed by atoms with Gasteiger partial charge >= 0.3 is 0 Å². The van der Waals surface area contributed by atoms with Gasteiger partial charge in [-0.1, -0.05) is 13.0 Å². The van der Waals surface area contributed by atoms with E-state index < -0.39 is 0 Å². The molecule has 0 aromatic heterocycles. The summed E-state index contributed by atoms with van der Waals surface area (Å²) in [5.74, 6) is 0.763. The fourth-order valence-electron chi connectivity index (χ4n) is 1.07. The van der Waals surface area contributed by atoms with Gasteiger partial charge in [0.05, 0.1) is 6.54 Å². The fraction of sp³-hybridized carbons (Fsp3) is 0.667. The largest absolute Gasteiger partial charge is 0.352 e. The lowest BCUT2D eigenvalue weighted by molar-refractivity contribution is -0.120. The minimum absolute atomic E-state index is 0.0891. The molecule has 3 nitrogen and oxygen atoms in total. The van der Waals surface area contributed by atoms with E-state index in [4.69, 9.17) is 0 Å². The minimum atomic E-state index is 0.0891. The van der Waals surface area contributed by atoms with Crippen molar-refractivity contribution in [1.82, 2.24) is 10.6 Å². The average Bonchev–Trinajstić information content (AvgIpc) is 2.67. The molecule has 0 aromatic rings. The Bertz CT molecular complexity index is 179. The van der Waals surface area contributed by atoms with E-state index in [1.165, 1.54) is 0 Å². The van der Waals surface area contributed by atoms with Gasteiger partial charge in [-0.15, -0.1) is 6.58 Å². The third-order valence-electron chi connectivity index (χ3n) is 2.03. The maximum absolute atomic E-state index is 11.1. The number of amides is 1. The Morgan fingerprint density at radius 1 is 1.75 bits per heavy atom. The Morgan fingerprint density at radius 2 is 2.42 bits per heavy atom. The van der Waals surface area contributed by atoms with Crippen molar-refractivity contribution in [2.24, 2.45) is 5.92 Å². The summed E-state index contributed by atoms with van der Waals surface area (Å²) in [6.45, 7) is 6.78. The zero-order valence-corrected chi connectivity index (χ0v) is 7.47. The van der Waals surface area contributed by atoms with Gasteiger partial charge in [0.15, 0.2) is 0 Å². The fourth-order valence-corrected chi connectivity index (χ4v) is 1.07. The minimum Gasteiger partial charge on any atom is -0.352 e. The molecule has 3 heteroatoms. The Hall–Kier alpha value is -0.830. The van der Waals surface area contributed by atoms with Crippen LogP contribution in [0, 0.1) is 5.92 Å². The van der Waals surface area contributed by atoms with Crippen molar-refractivity contribution in [1.29, 1.82) is 0 Å². The van der Waals surface area contributed by atoms with Crippen molar-refractivity contribution in [3.63, 3.8) is 0 Å². The third-order valence-corrected chi connectivity index (χ3v) is 2.03. The Labute approximate surface area is 73.2 Å². The van der Waals surface area contributed by atoms with Crippen LogP contribution in [-0.2, 0) is 4.79 Å². The highest BCUT2D eigenvalue weighted by Crippen LogP contribution is 2.28. The van der Waals surface area contributed by atoms with E-state index in [0.29, 0.717) is 25.0 Å². The quantitative estimate of drug-likeness (QED) is 0.457. The highest BCUT2D eigenvalue weighted by atomic mass is 16.2. The summed E-state index contributed by atoms with van der Waals surface area (Å²) in [4.78, 5) is 11.1. The maximum atomic E-state index is 11.1. The van der Waals surface area contributed by atoms with E-state index in [-0.39, 0.29) is 5.91 Å². The zero-order chi connectivity index (χ0) is 8.97. The highest BCUT2D eigenvalue weighted by molar-refractivity contribution is 5.78. The van der Waals surface area contributed by atoms with Crippen LogP contribution < -0.4 is 10.6 Å². The van der Waals surface area contributed by atoms with Crippen molar-refractivity contribution < 1.29 is 4.79 Å². The number of hydrogen-bond donors (Lipinski definition) is 2. The first-order valence-corrected chi connectivity index (χ1v) is 4.35. The molecule has 0 bridgehead atoms. The van der Waals surface area contributed by atoms with Crippen LogP contribution in [0.25, 0.3) is 0 Å². The molecule has 1 saturated carbocycles. The summed E-state index contributed by atoms with van der Waals surface area (Å²) < 4.78 is 0. The van der Waals surface area contributed by atoms with Crippen LogP contribution in [0.3, 0.4) is 0 Å². The Morgan fingerprint density at radius 3 is 2.92 bits per heavy atom. The smallest absolute Gasteiger partial charge is 0.234 e. The Kier molecular flexibility index (Phi) is 3.29. The SMILES string of the molecule is C=CCNCC(=O)NC1CC1C. The van der Waals surface area contributed by atoms with E-state index in [1.807, 2.05) is 0 Å². The molecule has 1 rings (SSSR count). The molecule has 0 aliphatic heterocycles. The molecule has 2 atom stereocenters. The molecule has 0 radical (unpaired) electrons. The Balaban J connectivity index is 2.00. The third kappa shape index (κ3) is 3.05. The van der Waals surface area contributed by atoms with Gasteiger partial charge in [-0.05, 0) is 12.3 Å². The predicted molar refractivity (Wildman–Crippen MR) is 48.8 cm³/mol. The molecule has 2 unspecified atom stereocenters. The van der Waals surface area contributed by atoms with Crippen molar-refractivity contribution in [2.45, 2.75) is 19.4 Å². The molecule has 0 heterocycles. The summed E-state index contributed by atoms with van der Waals surface area (Å²) in [7, 11) is 0. The normalized spacial score (nSPS) is 26.4. The highest BCUT2D eigenvalue weighted by Gasteiger charge is 2.33. The molecule has 1 aliphatic carbocycles. The lowest BCUT2D eigenvalue weighted by Gasteiger charge is -2.03. The summed E-state index contributed by atoms with van der Waals surface area (Å²) in [5.41, 5.74) is 0. The number of rotatable bonds is 5. The van der Waals surface area contributed by atoms with Crippen LogP contribution in [0.1, 0.15) is 13.3 Å². The standard InChI is InChI=1S/C9H16N2O/c1-3-4-10-6-9(12)11-8-5-7(8)2/h3,7-8,10H,1,4-6H2,2H3,(H,11,12). The van der Waals surface area contributed by atoms with Crippen molar-refractivity contribution in [2.75, 3.05) is 13.1 Å². The molecule has 1 aliphatic rings. The first-order valence-electron chi connectivity index (χ1n) is 4.35. The summed E-state index contributed by atoms with van der Waals surface area (Å²) in [6.07, 6.45) is 2.88. The van der Waals surface area contributed by atoms with Crippen molar-refractivity contribution in [3.05, 3.63) is 12.7 Å². The molecule has 12 heavy (non-hydrogen) atoms. The van der Waals surface area contributed by atoms with Gasteiger partial charge in [0.1, 0.15) is 0 Å². The van der Waals surface area contributed by atoms with E-state index >= 15 is 0 Å². The molecule has 0 aromatic carbocycles. The second-order valence-corrected chi connectivity index (χ2v) is 3.31. The first-order chi connectivity index (χ1) is 5.74. The number of carbonyl (C=O) groups excluding carboxylic acids is 1. The van der Waals surface area contributed by atoms with E-state index in [0.717, 1.165) is 6.42 Å². The molecule has 2 N–H and O–H groups in total. The van der Waals surface area contributed by atoms with Crippen LogP contribution in [0.2, 0.25) is 0 Å². The van der Waals surface area contributed by atoms with Crippen molar-refractivity contribution in [3.8, 4) is 0 Å². The predicted octanol–water partition coefficient (Wildman–Crippen LogP) is 0.287. The van der Waals surface area contributed by atoms with Crippen LogP contribution in [0.4, 0.5) is 0 Å². The maximum Gasteiger partial charge on any atom is 0.234 e. The lowest BCUT2D eigenvalue weighted by Crippen LogP contribution is -2.35. The van der Waals surface area contributed by atoms with E-state index in [2.05, 4.69) is 24.1 Å².